The molecular weight excluding hydrogens is 432 g/mol. The van der Waals surface area contributed by atoms with Gasteiger partial charge in [0, 0.05) is 22.6 Å². The van der Waals surface area contributed by atoms with Gasteiger partial charge in [-0.25, -0.2) is 0 Å². The number of Topliss-reactive ketones (excluding diaryl/α,β-unsaturated/α-hetero) is 1. The number of carbonyl (C=O) groups excluding carboxylic acids is 2. The Kier molecular flexibility index (Phi) is 5.74. The van der Waals surface area contributed by atoms with E-state index in [1.54, 1.807) is 24.3 Å². The second-order valence-electron chi connectivity index (χ2n) is 7.08. The van der Waals surface area contributed by atoms with Crippen molar-refractivity contribution >= 4 is 34.5 Å². The number of likely N-dealkylation sites (tertiary alicyclic amines) is 1. The van der Waals surface area contributed by atoms with Gasteiger partial charge < -0.3 is 14.7 Å². The SMILES string of the molecule is COc1ccc(C2/C(=C(/O)c3ccc([N+](=O)[O-])cc3)C(=O)C(=O)N2Cc2cccs2)cc1. The van der Waals surface area contributed by atoms with Crippen LogP contribution in [0.3, 0.4) is 0 Å². The minimum atomic E-state index is -0.821. The first-order chi connectivity index (χ1) is 15.4. The van der Waals surface area contributed by atoms with Crippen LogP contribution in [0.15, 0.2) is 71.6 Å². The Labute approximate surface area is 187 Å². The highest BCUT2D eigenvalue weighted by atomic mass is 32.1. The largest absolute Gasteiger partial charge is 0.507 e. The molecule has 162 valence electrons. The lowest BCUT2D eigenvalue weighted by atomic mass is 9.95. The molecule has 0 saturated carbocycles. The minimum Gasteiger partial charge on any atom is -0.507 e. The van der Waals surface area contributed by atoms with Gasteiger partial charge in [0.25, 0.3) is 17.4 Å². The number of benzene rings is 2. The number of aliphatic hydroxyl groups excluding tert-OH is 1. The van der Waals surface area contributed by atoms with Gasteiger partial charge in [-0.3, -0.25) is 19.7 Å². The number of ether oxygens (including phenoxy) is 1. The molecule has 1 saturated heterocycles. The molecular formula is C23H18N2O6S. The Bertz CT molecular complexity index is 1200. The molecule has 1 N–H and O–H groups in total. The first kappa shape index (κ1) is 21.3. The zero-order valence-electron chi connectivity index (χ0n) is 16.9. The maximum atomic E-state index is 13.0. The van der Waals surface area contributed by atoms with Crippen LogP contribution < -0.4 is 4.74 Å². The number of methoxy groups -OCH3 is 1. The van der Waals surface area contributed by atoms with E-state index in [1.165, 1.54) is 47.6 Å². The van der Waals surface area contributed by atoms with E-state index in [4.69, 9.17) is 4.74 Å². The molecule has 1 amide bonds. The van der Waals surface area contributed by atoms with Gasteiger partial charge in [0.1, 0.15) is 11.5 Å². The van der Waals surface area contributed by atoms with Crippen LogP contribution in [0.1, 0.15) is 22.0 Å². The van der Waals surface area contributed by atoms with Crippen molar-refractivity contribution in [1.29, 1.82) is 0 Å². The van der Waals surface area contributed by atoms with Crippen LogP contribution in [0.5, 0.6) is 5.75 Å². The zero-order chi connectivity index (χ0) is 22.8. The van der Waals surface area contributed by atoms with E-state index in [2.05, 4.69) is 0 Å². The monoisotopic (exact) mass is 450 g/mol. The summed E-state index contributed by atoms with van der Waals surface area (Å²) in [5.41, 5.74) is 0.630. The number of aliphatic hydroxyl groups is 1. The fourth-order valence-electron chi connectivity index (χ4n) is 3.64. The van der Waals surface area contributed by atoms with Crippen LogP contribution in [-0.2, 0) is 16.1 Å². The number of non-ortho nitro benzene ring substituents is 1. The second kappa shape index (κ2) is 8.64. The Balaban J connectivity index is 1.83. The molecule has 9 heteroatoms. The van der Waals surface area contributed by atoms with Crippen molar-refractivity contribution in [1.82, 2.24) is 4.90 Å². The van der Waals surface area contributed by atoms with E-state index in [0.717, 1.165) is 4.88 Å². The lowest BCUT2D eigenvalue weighted by Crippen LogP contribution is -2.28. The van der Waals surface area contributed by atoms with Crippen LogP contribution in [0.2, 0.25) is 0 Å². The quantitative estimate of drug-likeness (QED) is 0.197. The molecule has 2 heterocycles. The van der Waals surface area contributed by atoms with E-state index < -0.39 is 22.7 Å². The smallest absolute Gasteiger partial charge is 0.295 e. The standard InChI is InChI=1S/C23H18N2O6S/c1-31-17-10-6-14(7-11-17)20-19(21(26)15-4-8-16(9-5-15)25(29)30)22(27)23(28)24(20)13-18-3-2-12-32-18/h2-12,20,26H,13H2,1H3/b21-19-. The normalized spacial score (nSPS) is 17.5. The van der Waals surface area contributed by atoms with E-state index >= 15 is 0 Å². The van der Waals surface area contributed by atoms with Crippen molar-refractivity contribution in [2.45, 2.75) is 12.6 Å². The van der Waals surface area contributed by atoms with Crippen molar-refractivity contribution in [2.75, 3.05) is 7.11 Å². The molecule has 4 rings (SSSR count). The molecule has 0 radical (unpaired) electrons. The number of hydrogen-bond acceptors (Lipinski definition) is 7. The van der Waals surface area contributed by atoms with Gasteiger partial charge in [-0.2, -0.15) is 0 Å². The molecule has 0 aliphatic carbocycles. The third-order valence-corrected chi connectivity index (χ3v) is 6.09. The van der Waals surface area contributed by atoms with Crippen molar-refractivity contribution in [2.24, 2.45) is 0 Å². The number of rotatable bonds is 6. The maximum absolute atomic E-state index is 13.0. The highest BCUT2D eigenvalue weighted by Crippen LogP contribution is 2.41. The fraction of sp³-hybridized carbons (Fsp3) is 0.130. The fourth-order valence-corrected chi connectivity index (χ4v) is 4.35. The van der Waals surface area contributed by atoms with Crippen molar-refractivity contribution in [3.8, 4) is 5.75 Å². The summed E-state index contributed by atoms with van der Waals surface area (Å²) in [5, 5.41) is 23.8. The number of hydrogen-bond donors (Lipinski definition) is 1. The highest BCUT2D eigenvalue weighted by molar-refractivity contribution is 7.09. The summed E-state index contributed by atoms with van der Waals surface area (Å²) in [6, 6.07) is 15.0. The average Bonchev–Trinajstić information content (AvgIpc) is 3.41. The van der Waals surface area contributed by atoms with E-state index in [1.807, 2.05) is 17.5 Å². The van der Waals surface area contributed by atoms with Crippen LogP contribution in [0, 0.1) is 10.1 Å². The summed E-state index contributed by atoms with van der Waals surface area (Å²) in [7, 11) is 1.53. The topological polar surface area (TPSA) is 110 Å². The number of nitrogens with zero attached hydrogens (tertiary/aromatic N) is 2. The Morgan fingerprint density at radius 3 is 2.38 bits per heavy atom. The molecule has 1 atom stereocenters. The lowest BCUT2D eigenvalue weighted by Gasteiger charge is -2.25. The van der Waals surface area contributed by atoms with E-state index in [-0.39, 0.29) is 29.1 Å². The first-order valence-electron chi connectivity index (χ1n) is 9.60. The summed E-state index contributed by atoms with van der Waals surface area (Å²) < 4.78 is 5.20. The number of ketones is 1. The van der Waals surface area contributed by atoms with Crippen LogP contribution in [-0.4, -0.2) is 33.7 Å². The summed E-state index contributed by atoms with van der Waals surface area (Å²) >= 11 is 1.46. The maximum Gasteiger partial charge on any atom is 0.295 e. The van der Waals surface area contributed by atoms with Gasteiger partial charge in [-0.05, 0) is 41.3 Å². The molecule has 1 aromatic heterocycles. The Hall–Kier alpha value is -3.98. The van der Waals surface area contributed by atoms with Gasteiger partial charge in [-0.15, -0.1) is 11.3 Å². The average molecular weight is 450 g/mol. The van der Waals surface area contributed by atoms with Crippen molar-refractivity contribution in [3.63, 3.8) is 0 Å². The second-order valence-corrected chi connectivity index (χ2v) is 8.12. The van der Waals surface area contributed by atoms with Crippen LogP contribution in [0.25, 0.3) is 5.76 Å². The van der Waals surface area contributed by atoms with Gasteiger partial charge in [0.2, 0.25) is 0 Å². The molecule has 8 nitrogen and oxygen atoms in total. The Morgan fingerprint density at radius 1 is 1.12 bits per heavy atom. The lowest BCUT2D eigenvalue weighted by molar-refractivity contribution is -0.384. The molecule has 0 bridgehead atoms. The summed E-state index contributed by atoms with van der Waals surface area (Å²) in [5.74, 6) is -1.30. The molecule has 1 fully saturated rings. The first-order valence-corrected chi connectivity index (χ1v) is 10.5. The van der Waals surface area contributed by atoms with E-state index in [9.17, 15) is 24.8 Å². The predicted molar refractivity (Wildman–Crippen MR) is 118 cm³/mol. The zero-order valence-corrected chi connectivity index (χ0v) is 17.7. The third-order valence-electron chi connectivity index (χ3n) is 5.23. The van der Waals surface area contributed by atoms with Gasteiger partial charge in [-0.1, -0.05) is 18.2 Å². The summed E-state index contributed by atoms with van der Waals surface area (Å²) in [6.07, 6.45) is 0. The summed E-state index contributed by atoms with van der Waals surface area (Å²) in [4.78, 5) is 38.6. The van der Waals surface area contributed by atoms with Gasteiger partial charge in [0.05, 0.1) is 30.2 Å². The number of amides is 1. The highest BCUT2D eigenvalue weighted by Gasteiger charge is 2.46. The number of nitro benzene ring substituents is 1. The molecule has 2 aromatic carbocycles. The number of nitro groups is 1. The van der Waals surface area contributed by atoms with Crippen LogP contribution >= 0.6 is 11.3 Å². The number of thiophene rings is 1. The Morgan fingerprint density at radius 2 is 1.81 bits per heavy atom. The molecule has 0 spiro atoms. The van der Waals surface area contributed by atoms with Gasteiger partial charge in [0.15, 0.2) is 0 Å². The molecule has 1 aliphatic rings. The third kappa shape index (κ3) is 3.85. The molecule has 1 unspecified atom stereocenters. The number of carbonyl (C=O) groups is 2. The predicted octanol–water partition coefficient (Wildman–Crippen LogP) is 4.29. The molecule has 3 aromatic rings. The van der Waals surface area contributed by atoms with Crippen molar-refractivity contribution < 1.29 is 24.4 Å². The molecule has 32 heavy (non-hydrogen) atoms. The van der Waals surface area contributed by atoms with Crippen LogP contribution in [0.4, 0.5) is 5.69 Å². The van der Waals surface area contributed by atoms with E-state index in [0.29, 0.717) is 11.3 Å². The molecule has 1 aliphatic heterocycles. The minimum absolute atomic E-state index is 0.0643. The van der Waals surface area contributed by atoms with Crippen molar-refractivity contribution in [3.05, 3.63) is 97.7 Å². The van der Waals surface area contributed by atoms with Gasteiger partial charge >= 0.3 is 0 Å². The summed E-state index contributed by atoms with van der Waals surface area (Å²) in [6.45, 7) is 0.204.